The first kappa shape index (κ1) is 23.9. The summed E-state index contributed by atoms with van der Waals surface area (Å²) in [6.07, 6.45) is 0. The summed E-state index contributed by atoms with van der Waals surface area (Å²) in [6, 6.07) is 17.3. The summed E-state index contributed by atoms with van der Waals surface area (Å²) >= 11 is 0. The SMILES string of the molecule is COc1cccc(N2C(=O)C(=O)/C(=C(\O)c3ccc(OC)c(C(C)C)c3)C2c2cccc(O)c2)c1. The molecule has 0 aliphatic carbocycles. The van der Waals surface area contributed by atoms with Crippen LogP contribution >= 0.6 is 0 Å². The molecule has 1 aliphatic heterocycles. The standard InChI is InChI=1S/C28H27NO6/c1-16(2)22-14-18(11-12-23(22)35-4)26(31)24-25(17-7-5-9-20(30)13-17)29(28(33)27(24)32)19-8-6-10-21(15-19)34-3/h5-16,25,30-31H,1-4H3/b26-24-. The molecule has 0 bridgehead atoms. The fourth-order valence-corrected chi connectivity index (χ4v) is 4.36. The maximum atomic E-state index is 13.3. The third-order valence-corrected chi connectivity index (χ3v) is 6.09. The number of ether oxygens (including phenoxy) is 2. The molecule has 1 atom stereocenters. The molecule has 0 radical (unpaired) electrons. The Labute approximate surface area is 203 Å². The van der Waals surface area contributed by atoms with Gasteiger partial charge in [-0.2, -0.15) is 0 Å². The number of rotatable bonds is 6. The molecular weight excluding hydrogens is 446 g/mol. The van der Waals surface area contributed by atoms with Crippen LogP contribution < -0.4 is 14.4 Å². The van der Waals surface area contributed by atoms with Crippen LogP contribution in [0.1, 0.15) is 42.5 Å². The highest BCUT2D eigenvalue weighted by Gasteiger charge is 2.47. The van der Waals surface area contributed by atoms with E-state index in [1.165, 1.54) is 24.1 Å². The molecule has 1 aliphatic rings. The zero-order chi connectivity index (χ0) is 25.3. The predicted molar refractivity (Wildman–Crippen MR) is 133 cm³/mol. The number of aliphatic hydroxyl groups excluding tert-OH is 1. The van der Waals surface area contributed by atoms with Gasteiger partial charge in [-0.05, 0) is 59.5 Å². The number of hydrogen-bond donors (Lipinski definition) is 2. The number of phenols is 1. The van der Waals surface area contributed by atoms with Crippen LogP contribution in [0.25, 0.3) is 5.76 Å². The van der Waals surface area contributed by atoms with E-state index in [1.807, 2.05) is 13.8 Å². The van der Waals surface area contributed by atoms with Crippen LogP contribution in [-0.4, -0.2) is 36.1 Å². The van der Waals surface area contributed by atoms with E-state index < -0.39 is 17.7 Å². The van der Waals surface area contributed by atoms with Crippen LogP contribution in [-0.2, 0) is 9.59 Å². The number of anilines is 1. The van der Waals surface area contributed by atoms with E-state index in [-0.39, 0.29) is 23.0 Å². The fraction of sp³-hybridized carbons (Fsp3) is 0.214. The maximum absolute atomic E-state index is 13.3. The Morgan fingerprint density at radius 3 is 2.34 bits per heavy atom. The van der Waals surface area contributed by atoms with Gasteiger partial charge in [0.25, 0.3) is 11.7 Å². The van der Waals surface area contributed by atoms with Gasteiger partial charge in [-0.15, -0.1) is 0 Å². The smallest absolute Gasteiger partial charge is 0.300 e. The van der Waals surface area contributed by atoms with E-state index in [9.17, 15) is 19.8 Å². The molecule has 1 saturated heterocycles. The second kappa shape index (κ2) is 9.54. The highest BCUT2D eigenvalue weighted by atomic mass is 16.5. The van der Waals surface area contributed by atoms with Crippen LogP contribution in [0, 0.1) is 0 Å². The lowest BCUT2D eigenvalue weighted by molar-refractivity contribution is -0.132. The molecular formula is C28H27NO6. The topological polar surface area (TPSA) is 96.3 Å². The molecule has 7 nitrogen and oxygen atoms in total. The van der Waals surface area contributed by atoms with Gasteiger partial charge in [-0.3, -0.25) is 14.5 Å². The molecule has 4 rings (SSSR count). The average Bonchev–Trinajstić information content (AvgIpc) is 3.13. The van der Waals surface area contributed by atoms with Crippen molar-refractivity contribution in [2.75, 3.05) is 19.1 Å². The summed E-state index contributed by atoms with van der Waals surface area (Å²) in [6.45, 7) is 3.99. The van der Waals surface area contributed by atoms with Gasteiger partial charge < -0.3 is 19.7 Å². The normalized spacial score (nSPS) is 17.2. The molecule has 1 amide bonds. The highest BCUT2D eigenvalue weighted by Crippen LogP contribution is 2.44. The second-order valence-corrected chi connectivity index (χ2v) is 8.58. The second-order valence-electron chi connectivity index (χ2n) is 8.58. The molecule has 180 valence electrons. The predicted octanol–water partition coefficient (Wildman–Crippen LogP) is 5.16. The number of Topliss-reactive ketones (excluding diaryl/α,β-unsaturated/α-hetero) is 1. The van der Waals surface area contributed by atoms with Crippen LogP contribution in [0.2, 0.25) is 0 Å². The molecule has 0 saturated carbocycles. The molecule has 1 heterocycles. The van der Waals surface area contributed by atoms with Crippen molar-refractivity contribution < 1.29 is 29.3 Å². The zero-order valence-corrected chi connectivity index (χ0v) is 20.0. The van der Waals surface area contributed by atoms with Crippen molar-refractivity contribution in [1.82, 2.24) is 0 Å². The number of phenolic OH excluding ortho intramolecular Hbond substituents is 1. The number of amides is 1. The van der Waals surface area contributed by atoms with Crippen molar-refractivity contribution in [2.45, 2.75) is 25.8 Å². The van der Waals surface area contributed by atoms with E-state index in [4.69, 9.17) is 9.47 Å². The van der Waals surface area contributed by atoms with Gasteiger partial charge in [-0.1, -0.05) is 32.0 Å². The van der Waals surface area contributed by atoms with Crippen molar-refractivity contribution >= 4 is 23.1 Å². The molecule has 3 aromatic carbocycles. The number of hydrogen-bond acceptors (Lipinski definition) is 6. The van der Waals surface area contributed by atoms with Crippen molar-refractivity contribution in [3.05, 3.63) is 89.0 Å². The number of methoxy groups -OCH3 is 2. The van der Waals surface area contributed by atoms with Crippen LogP contribution in [0.15, 0.2) is 72.3 Å². The lowest BCUT2D eigenvalue weighted by atomic mass is 9.93. The third kappa shape index (κ3) is 4.33. The van der Waals surface area contributed by atoms with E-state index >= 15 is 0 Å². The van der Waals surface area contributed by atoms with Crippen LogP contribution in [0.4, 0.5) is 5.69 Å². The van der Waals surface area contributed by atoms with Crippen LogP contribution in [0.3, 0.4) is 0 Å². The molecule has 1 fully saturated rings. The van der Waals surface area contributed by atoms with Gasteiger partial charge in [-0.25, -0.2) is 0 Å². The Balaban J connectivity index is 1.96. The molecule has 2 N–H and O–H groups in total. The summed E-state index contributed by atoms with van der Waals surface area (Å²) < 4.78 is 10.7. The lowest BCUT2D eigenvalue weighted by Crippen LogP contribution is -2.29. The van der Waals surface area contributed by atoms with Crippen molar-refractivity contribution in [3.63, 3.8) is 0 Å². The van der Waals surface area contributed by atoms with Gasteiger partial charge in [0.05, 0.1) is 25.8 Å². The number of aromatic hydroxyl groups is 1. The molecule has 7 heteroatoms. The number of aliphatic hydroxyl groups is 1. The first-order valence-electron chi connectivity index (χ1n) is 11.2. The van der Waals surface area contributed by atoms with Crippen LogP contribution in [0.5, 0.6) is 17.2 Å². The zero-order valence-electron chi connectivity index (χ0n) is 20.0. The molecule has 3 aromatic rings. The summed E-state index contributed by atoms with van der Waals surface area (Å²) in [5.74, 6) is -0.657. The van der Waals surface area contributed by atoms with E-state index in [0.29, 0.717) is 28.3 Å². The van der Waals surface area contributed by atoms with Crippen molar-refractivity contribution in [2.24, 2.45) is 0 Å². The number of carbonyl (C=O) groups excluding carboxylic acids is 2. The average molecular weight is 474 g/mol. The van der Waals surface area contributed by atoms with Gasteiger partial charge in [0, 0.05) is 17.3 Å². The maximum Gasteiger partial charge on any atom is 0.300 e. The lowest BCUT2D eigenvalue weighted by Gasteiger charge is -2.26. The molecule has 35 heavy (non-hydrogen) atoms. The summed E-state index contributed by atoms with van der Waals surface area (Å²) in [5.41, 5.74) is 2.08. The minimum atomic E-state index is -0.959. The Hall–Kier alpha value is -4.26. The highest BCUT2D eigenvalue weighted by molar-refractivity contribution is 6.51. The van der Waals surface area contributed by atoms with Gasteiger partial charge in [0.2, 0.25) is 0 Å². The number of carbonyl (C=O) groups is 2. The van der Waals surface area contributed by atoms with Crippen molar-refractivity contribution in [3.8, 4) is 17.2 Å². The molecule has 1 unspecified atom stereocenters. The van der Waals surface area contributed by atoms with Gasteiger partial charge >= 0.3 is 0 Å². The third-order valence-electron chi connectivity index (χ3n) is 6.09. The van der Waals surface area contributed by atoms with Gasteiger partial charge in [0.15, 0.2) is 0 Å². The van der Waals surface area contributed by atoms with Gasteiger partial charge in [0.1, 0.15) is 23.0 Å². The minimum absolute atomic E-state index is 0.0229. The Kier molecular flexibility index (Phi) is 6.51. The van der Waals surface area contributed by atoms with E-state index in [2.05, 4.69) is 0 Å². The van der Waals surface area contributed by atoms with E-state index in [0.717, 1.165) is 5.56 Å². The largest absolute Gasteiger partial charge is 0.508 e. The first-order valence-corrected chi connectivity index (χ1v) is 11.2. The Bertz CT molecular complexity index is 1330. The summed E-state index contributed by atoms with van der Waals surface area (Å²) in [5, 5.41) is 21.5. The summed E-state index contributed by atoms with van der Waals surface area (Å²) in [7, 11) is 3.08. The number of nitrogens with zero attached hydrogens (tertiary/aromatic N) is 1. The number of benzene rings is 3. The molecule has 0 aromatic heterocycles. The number of ketones is 1. The van der Waals surface area contributed by atoms with Crippen molar-refractivity contribution in [1.29, 1.82) is 0 Å². The first-order chi connectivity index (χ1) is 16.8. The summed E-state index contributed by atoms with van der Waals surface area (Å²) in [4.78, 5) is 28.0. The Morgan fingerprint density at radius 2 is 1.69 bits per heavy atom. The quantitative estimate of drug-likeness (QED) is 0.292. The van der Waals surface area contributed by atoms with E-state index in [1.54, 1.807) is 61.7 Å². The molecule has 0 spiro atoms. The fourth-order valence-electron chi connectivity index (χ4n) is 4.36. The monoisotopic (exact) mass is 473 g/mol. The Morgan fingerprint density at radius 1 is 0.943 bits per heavy atom. The minimum Gasteiger partial charge on any atom is -0.508 e.